The number of alkyl halides is 3. The summed E-state index contributed by atoms with van der Waals surface area (Å²) in [5, 5.41) is 15.9. The van der Waals surface area contributed by atoms with Crippen molar-refractivity contribution in [2.24, 2.45) is 0 Å². The molecule has 8 nitrogen and oxygen atoms in total. The first kappa shape index (κ1) is 25.4. The summed E-state index contributed by atoms with van der Waals surface area (Å²) in [4.78, 5) is 28.7. The maximum absolute atomic E-state index is 13.0. The molecule has 0 spiro atoms. The third-order valence-corrected chi connectivity index (χ3v) is 5.40. The van der Waals surface area contributed by atoms with Crippen molar-refractivity contribution in [3.63, 3.8) is 0 Å². The lowest BCUT2D eigenvalue weighted by atomic mass is 9.86. The van der Waals surface area contributed by atoms with Crippen LogP contribution in [-0.4, -0.2) is 32.7 Å². The summed E-state index contributed by atoms with van der Waals surface area (Å²) in [6, 6.07) is 16.4. The fourth-order valence-corrected chi connectivity index (χ4v) is 3.41. The quantitative estimate of drug-likeness (QED) is 0.297. The number of nitriles is 1. The summed E-state index contributed by atoms with van der Waals surface area (Å²) in [6.07, 6.45) is -3.79. The molecule has 4 rings (SSSR count). The van der Waals surface area contributed by atoms with Gasteiger partial charge in [0.05, 0.1) is 29.1 Å². The minimum absolute atomic E-state index is 0.0856. The summed E-state index contributed by atoms with van der Waals surface area (Å²) >= 11 is 0. The molecule has 4 aromatic rings. The molecule has 0 fully saturated rings. The number of nitrogens with one attached hydrogen (secondary N) is 1. The molecule has 1 N–H and O–H groups in total. The normalized spacial score (nSPS) is 11.7. The Labute approximate surface area is 209 Å². The van der Waals surface area contributed by atoms with Crippen LogP contribution in [0.2, 0.25) is 0 Å². The number of halogens is 3. The molecule has 1 amide bonds. The lowest BCUT2D eigenvalue weighted by Gasteiger charge is -2.21. The van der Waals surface area contributed by atoms with E-state index in [1.54, 1.807) is 42.5 Å². The average molecular weight is 507 g/mol. The molecule has 0 bridgehead atoms. The first-order valence-electron chi connectivity index (χ1n) is 11.0. The van der Waals surface area contributed by atoms with E-state index >= 15 is 0 Å². The third kappa shape index (κ3) is 5.59. The zero-order valence-corrected chi connectivity index (χ0v) is 19.9. The molecule has 0 aliphatic rings. The van der Waals surface area contributed by atoms with E-state index < -0.39 is 29.2 Å². The van der Waals surface area contributed by atoms with E-state index in [4.69, 9.17) is 5.26 Å². The summed E-state index contributed by atoms with van der Waals surface area (Å²) in [7, 11) is 0. The van der Waals surface area contributed by atoms with Crippen molar-refractivity contribution in [3.05, 3.63) is 77.5 Å². The van der Waals surface area contributed by atoms with Crippen LogP contribution in [0.15, 0.2) is 60.8 Å². The second-order valence-electron chi connectivity index (χ2n) is 9.14. The fourth-order valence-electron chi connectivity index (χ4n) is 3.41. The first-order chi connectivity index (χ1) is 17.3. The molecule has 0 saturated carbocycles. The van der Waals surface area contributed by atoms with Crippen molar-refractivity contribution in [1.82, 2.24) is 14.6 Å². The van der Waals surface area contributed by atoms with Crippen LogP contribution in [0.5, 0.6) is 5.75 Å². The van der Waals surface area contributed by atoms with Gasteiger partial charge in [-0.2, -0.15) is 23.5 Å². The number of hydrogen-bond donors (Lipinski definition) is 1. The SMILES string of the molecule is CC(C)(C)c1ccc(C(=O)Nc2cn3nc(-c4ccc(C#N)cc4)ccc3n2)c(OC(=O)C(F)(F)F)c1. The van der Waals surface area contributed by atoms with E-state index in [0.717, 1.165) is 5.56 Å². The van der Waals surface area contributed by atoms with E-state index in [0.29, 0.717) is 22.5 Å². The third-order valence-electron chi connectivity index (χ3n) is 5.40. The number of carbonyl (C=O) groups is 2. The van der Waals surface area contributed by atoms with Crippen LogP contribution in [0.1, 0.15) is 42.3 Å². The minimum atomic E-state index is -5.23. The summed E-state index contributed by atoms with van der Waals surface area (Å²) in [5.74, 6) is -3.68. The Hall–Kier alpha value is -4.72. The topological polar surface area (TPSA) is 109 Å². The van der Waals surface area contributed by atoms with Gasteiger partial charge < -0.3 is 10.1 Å². The Morgan fingerprint density at radius 2 is 1.73 bits per heavy atom. The Kier molecular flexibility index (Phi) is 6.44. The molecule has 11 heteroatoms. The van der Waals surface area contributed by atoms with Gasteiger partial charge >= 0.3 is 12.1 Å². The largest absolute Gasteiger partial charge is 0.491 e. The maximum Gasteiger partial charge on any atom is 0.491 e. The lowest BCUT2D eigenvalue weighted by molar-refractivity contribution is -0.189. The molecule has 2 aromatic carbocycles. The second kappa shape index (κ2) is 9.39. The second-order valence-corrected chi connectivity index (χ2v) is 9.14. The van der Waals surface area contributed by atoms with Gasteiger partial charge in [-0.3, -0.25) is 4.79 Å². The fraction of sp³-hybridized carbons (Fsp3) is 0.192. The monoisotopic (exact) mass is 507 g/mol. The molecule has 0 aliphatic carbocycles. The van der Waals surface area contributed by atoms with Gasteiger partial charge in [-0.05, 0) is 47.4 Å². The van der Waals surface area contributed by atoms with Gasteiger partial charge in [-0.15, -0.1) is 0 Å². The highest BCUT2D eigenvalue weighted by Gasteiger charge is 2.42. The molecule has 37 heavy (non-hydrogen) atoms. The Balaban J connectivity index is 1.63. The predicted molar refractivity (Wildman–Crippen MR) is 128 cm³/mol. The van der Waals surface area contributed by atoms with Crippen molar-refractivity contribution in [2.45, 2.75) is 32.4 Å². The number of nitrogens with zero attached hydrogens (tertiary/aromatic N) is 4. The van der Waals surface area contributed by atoms with Gasteiger partial charge in [0.25, 0.3) is 5.91 Å². The molecule has 0 aliphatic heterocycles. The predicted octanol–water partition coefficient (Wildman–Crippen LogP) is 5.29. The number of fused-ring (bicyclic) bond motifs is 1. The van der Waals surface area contributed by atoms with Gasteiger partial charge in [0.1, 0.15) is 5.75 Å². The number of benzene rings is 2. The van der Waals surface area contributed by atoms with Gasteiger partial charge in [0.15, 0.2) is 11.5 Å². The van der Waals surface area contributed by atoms with Crippen LogP contribution in [0.25, 0.3) is 16.9 Å². The highest BCUT2D eigenvalue weighted by Crippen LogP contribution is 2.31. The van der Waals surface area contributed by atoms with Crippen molar-refractivity contribution in [2.75, 3.05) is 5.32 Å². The van der Waals surface area contributed by atoms with Crippen LogP contribution in [0, 0.1) is 11.3 Å². The molecule has 188 valence electrons. The summed E-state index contributed by atoms with van der Waals surface area (Å²) in [6.45, 7) is 5.48. The van der Waals surface area contributed by atoms with E-state index in [2.05, 4.69) is 20.1 Å². The van der Waals surface area contributed by atoms with Gasteiger partial charge in [-0.25, -0.2) is 14.3 Å². The molecule has 2 aromatic heterocycles. The highest BCUT2D eigenvalue weighted by atomic mass is 19.4. The number of carbonyl (C=O) groups excluding carboxylic acids is 2. The van der Waals surface area contributed by atoms with Crippen molar-refractivity contribution < 1.29 is 27.5 Å². The van der Waals surface area contributed by atoms with Crippen LogP contribution in [0.3, 0.4) is 0 Å². The Morgan fingerprint density at radius 1 is 1.03 bits per heavy atom. The number of aromatic nitrogens is 3. The number of imidazole rings is 1. The van der Waals surface area contributed by atoms with Gasteiger partial charge in [0.2, 0.25) is 0 Å². The number of rotatable bonds is 4. The molecule has 0 atom stereocenters. The van der Waals surface area contributed by atoms with Crippen molar-refractivity contribution in [1.29, 1.82) is 5.26 Å². The van der Waals surface area contributed by atoms with Gasteiger partial charge in [-0.1, -0.05) is 39.0 Å². The standard InChI is InChI=1S/C26H20F3N5O3/c1-25(2,3)17-8-9-18(20(12-17)37-24(36)26(27,28)29)23(35)32-21-14-34-22(31-21)11-10-19(33-34)16-6-4-15(13-30)5-7-16/h4-12,14H,1-3H3,(H,32,35). The number of ether oxygens (including phenoxy) is 1. The molecule has 2 heterocycles. The number of amides is 1. The van der Waals surface area contributed by atoms with Gasteiger partial charge in [0, 0.05) is 5.56 Å². The summed E-state index contributed by atoms with van der Waals surface area (Å²) < 4.78 is 44.5. The average Bonchev–Trinajstić information content (AvgIpc) is 3.24. The zero-order valence-electron chi connectivity index (χ0n) is 19.9. The van der Waals surface area contributed by atoms with Crippen LogP contribution in [-0.2, 0) is 10.2 Å². The van der Waals surface area contributed by atoms with E-state index in [1.807, 2.05) is 26.8 Å². The minimum Gasteiger partial charge on any atom is -0.419 e. The number of hydrogen-bond acceptors (Lipinski definition) is 6. The lowest BCUT2D eigenvalue weighted by Crippen LogP contribution is -2.29. The molecule has 0 radical (unpaired) electrons. The zero-order chi connectivity index (χ0) is 27.0. The Morgan fingerprint density at radius 3 is 2.35 bits per heavy atom. The first-order valence-corrected chi connectivity index (χ1v) is 11.0. The van der Waals surface area contributed by atoms with Crippen molar-refractivity contribution in [3.8, 4) is 23.1 Å². The van der Waals surface area contributed by atoms with Crippen LogP contribution in [0.4, 0.5) is 19.0 Å². The number of anilines is 1. The summed E-state index contributed by atoms with van der Waals surface area (Å²) in [5.41, 5.74) is 2.08. The Bertz CT molecular complexity index is 1550. The maximum atomic E-state index is 13.0. The molecule has 0 unspecified atom stereocenters. The molecule has 0 saturated heterocycles. The van der Waals surface area contributed by atoms with Crippen LogP contribution >= 0.6 is 0 Å². The van der Waals surface area contributed by atoms with E-state index in [1.165, 1.54) is 22.8 Å². The van der Waals surface area contributed by atoms with E-state index in [-0.39, 0.29) is 11.4 Å². The molecular weight excluding hydrogens is 487 g/mol. The van der Waals surface area contributed by atoms with Crippen molar-refractivity contribution >= 4 is 23.3 Å². The number of esters is 1. The van der Waals surface area contributed by atoms with Crippen LogP contribution < -0.4 is 10.1 Å². The smallest absolute Gasteiger partial charge is 0.419 e. The highest BCUT2D eigenvalue weighted by molar-refractivity contribution is 6.06. The molecular formula is C26H20F3N5O3. The van der Waals surface area contributed by atoms with E-state index in [9.17, 15) is 22.8 Å².